The van der Waals surface area contributed by atoms with Crippen LogP contribution in [-0.2, 0) is 0 Å². The lowest BCUT2D eigenvalue weighted by atomic mass is 10.8. The Morgan fingerprint density at radius 2 is 1.60 bits per heavy atom. The van der Waals surface area contributed by atoms with Crippen LogP contribution in [0.25, 0.3) is 0 Å². The van der Waals surface area contributed by atoms with E-state index in [-0.39, 0.29) is 0 Å². The molecule has 0 atom stereocenters. The molecule has 0 spiro atoms. The van der Waals surface area contributed by atoms with Crippen molar-refractivity contribution in [2.45, 2.75) is 0 Å². The Kier molecular flexibility index (Phi) is 4.61. The van der Waals surface area contributed by atoms with E-state index in [2.05, 4.69) is 10.6 Å². The van der Waals surface area contributed by atoms with Gasteiger partial charge < -0.3 is 0 Å². The van der Waals surface area contributed by atoms with Crippen molar-refractivity contribution in [1.29, 1.82) is 0 Å². The summed E-state index contributed by atoms with van der Waals surface area (Å²) in [7, 11) is 3.68. The summed E-state index contributed by atoms with van der Waals surface area (Å²) in [5.74, 6) is 0.323. The third-order valence-corrected chi connectivity index (χ3v) is 1.06. The van der Waals surface area contributed by atoms with E-state index in [0.29, 0.717) is 19.3 Å². The maximum atomic E-state index is 5.35. The molecule has 0 aliphatic carbocycles. The first kappa shape index (κ1) is 9.19. The second-order valence-corrected chi connectivity index (χ2v) is 1.99. The maximum Gasteiger partial charge on any atom is 0.343 e. The first-order valence-corrected chi connectivity index (χ1v) is 3.14. The van der Waals surface area contributed by atoms with Crippen molar-refractivity contribution >= 4 is 5.96 Å². The van der Waals surface area contributed by atoms with Crippen molar-refractivity contribution in [3.63, 3.8) is 0 Å². The van der Waals surface area contributed by atoms with E-state index >= 15 is 0 Å². The van der Waals surface area contributed by atoms with Gasteiger partial charge in [0.1, 0.15) is 13.3 Å². The fraction of sp³-hybridized carbons (Fsp3) is 0.800. The molecule has 0 saturated carbocycles. The quantitative estimate of drug-likeness (QED) is 0.155. The SMILES string of the molecule is CNC[N+](CNC)=C(N)N. The lowest BCUT2D eigenvalue weighted by Gasteiger charge is -2.06. The predicted molar refractivity (Wildman–Crippen MR) is 41.5 cm³/mol. The summed E-state index contributed by atoms with van der Waals surface area (Å²) in [6, 6.07) is 0. The Hall–Kier alpha value is -0.810. The van der Waals surface area contributed by atoms with E-state index < -0.39 is 0 Å². The molecule has 0 aliphatic heterocycles. The Morgan fingerprint density at radius 3 is 1.80 bits per heavy atom. The number of hydrogen-bond donors (Lipinski definition) is 4. The number of nitrogens with zero attached hydrogens (tertiary/aromatic N) is 1. The minimum atomic E-state index is 0.323. The highest BCUT2D eigenvalue weighted by Gasteiger charge is 1.98. The van der Waals surface area contributed by atoms with Gasteiger partial charge in [0, 0.05) is 0 Å². The van der Waals surface area contributed by atoms with Gasteiger partial charge in [0.05, 0.1) is 0 Å². The van der Waals surface area contributed by atoms with Gasteiger partial charge in [-0.3, -0.25) is 22.1 Å². The zero-order valence-electron chi connectivity index (χ0n) is 6.52. The van der Waals surface area contributed by atoms with E-state index in [1.165, 1.54) is 0 Å². The topological polar surface area (TPSA) is 79.1 Å². The fourth-order valence-corrected chi connectivity index (χ4v) is 0.620. The van der Waals surface area contributed by atoms with Crippen LogP contribution in [0, 0.1) is 0 Å². The fourth-order valence-electron chi connectivity index (χ4n) is 0.620. The van der Waals surface area contributed by atoms with Crippen molar-refractivity contribution in [3.8, 4) is 0 Å². The highest BCUT2D eigenvalue weighted by molar-refractivity contribution is 5.70. The lowest BCUT2D eigenvalue weighted by Crippen LogP contribution is -2.42. The highest BCUT2D eigenvalue weighted by Crippen LogP contribution is 1.64. The van der Waals surface area contributed by atoms with E-state index in [4.69, 9.17) is 11.5 Å². The van der Waals surface area contributed by atoms with Gasteiger partial charge in [0.25, 0.3) is 0 Å². The Bertz CT molecular complexity index is 107. The average Bonchev–Trinajstić information content (AvgIpc) is 1.87. The molecule has 0 aliphatic rings. The summed E-state index contributed by atoms with van der Waals surface area (Å²) < 4.78 is 1.78. The smallest absolute Gasteiger partial charge is 0.291 e. The minimum Gasteiger partial charge on any atom is -0.291 e. The summed E-state index contributed by atoms with van der Waals surface area (Å²) in [5, 5.41) is 5.88. The molecule has 0 amide bonds. The minimum absolute atomic E-state index is 0.323. The molecular weight excluding hydrogens is 130 g/mol. The van der Waals surface area contributed by atoms with Gasteiger partial charge in [-0.05, 0) is 14.1 Å². The van der Waals surface area contributed by atoms with Crippen LogP contribution in [0.4, 0.5) is 0 Å². The molecule has 0 bridgehead atoms. The van der Waals surface area contributed by atoms with Crippen molar-refractivity contribution in [3.05, 3.63) is 0 Å². The Balaban J connectivity index is 3.86. The van der Waals surface area contributed by atoms with Crippen LogP contribution in [0.5, 0.6) is 0 Å². The van der Waals surface area contributed by atoms with Gasteiger partial charge in [-0.25, -0.2) is 4.58 Å². The average molecular weight is 146 g/mol. The van der Waals surface area contributed by atoms with E-state index in [1.54, 1.807) is 4.58 Å². The van der Waals surface area contributed by atoms with Gasteiger partial charge in [-0.15, -0.1) is 0 Å². The molecule has 0 fully saturated rings. The summed E-state index contributed by atoms with van der Waals surface area (Å²) >= 11 is 0. The largest absolute Gasteiger partial charge is 0.343 e. The number of nitrogens with two attached hydrogens (primary N) is 2. The van der Waals surface area contributed by atoms with Gasteiger partial charge in [0.15, 0.2) is 0 Å². The zero-order valence-corrected chi connectivity index (χ0v) is 6.52. The molecule has 0 rings (SSSR count). The zero-order chi connectivity index (χ0) is 7.98. The standard InChI is InChI=1S/C5H15N5/c1-8-3-10(4-9-2)5(6)7/h8-9H,3-4H2,1-2H3,(H3,6,7)/p+1. The second-order valence-electron chi connectivity index (χ2n) is 1.99. The molecule has 0 aromatic heterocycles. The molecular formula is C5H16N5+. The van der Waals surface area contributed by atoms with Crippen LogP contribution in [-0.4, -0.2) is 38.0 Å². The summed E-state index contributed by atoms with van der Waals surface area (Å²) in [6.45, 7) is 1.31. The molecule has 0 unspecified atom stereocenters. The van der Waals surface area contributed by atoms with Crippen LogP contribution in [0.15, 0.2) is 0 Å². The summed E-state index contributed by atoms with van der Waals surface area (Å²) in [4.78, 5) is 0. The molecule has 10 heavy (non-hydrogen) atoms. The van der Waals surface area contributed by atoms with E-state index in [1.807, 2.05) is 14.1 Å². The molecule has 0 heterocycles. The van der Waals surface area contributed by atoms with E-state index in [9.17, 15) is 0 Å². The molecule has 0 aromatic carbocycles. The second kappa shape index (κ2) is 5.01. The molecule has 5 nitrogen and oxygen atoms in total. The van der Waals surface area contributed by atoms with Gasteiger partial charge in [-0.1, -0.05) is 0 Å². The van der Waals surface area contributed by atoms with Crippen LogP contribution >= 0.6 is 0 Å². The van der Waals surface area contributed by atoms with Crippen LogP contribution < -0.4 is 22.1 Å². The Morgan fingerprint density at radius 1 is 1.20 bits per heavy atom. The Labute approximate surface area is 61.1 Å². The van der Waals surface area contributed by atoms with Gasteiger partial charge >= 0.3 is 5.96 Å². The number of guanidine groups is 1. The van der Waals surface area contributed by atoms with Crippen molar-refractivity contribution in [1.82, 2.24) is 10.6 Å². The molecule has 60 valence electrons. The van der Waals surface area contributed by atoms with Crippen LogP contribution in [0.3, 0.4) is 0 Å². The normalized spacial score (nSPS) is 9.40. The van der Waals surface area contributed by atoms with Gasteiger partial charge in [-0.2, -0.15) is 0 Å². The van der Waals surface area contributed by atoms with E-state index in [0.717, 1.165) is 0 Å². The molecule has 6 N–H and O–H groups in total. The third-order valence-electron chi connectivity index (χ3n) is 1.06. The van der Waals surface area contributed by atoms with Crippen LogP contribution in [0.1, 0.15) is 0 Å². The van der Waals surface area contributed by atoms with Crippen molar-refractivity contribution in [2.75, 3.05) is 27.4 Å². The summed E-state index contributed by atoms with van der Waals surface area (Å²) in [5.41, 5.74) is 10.7. The van der Waals surface area contributed by atoms with Crippen LogP contribution in [0.2, 0.25) is 0 Å². The highest BCUT2D eigenvalue weighted by atomic mass is 15.2. The number of nitrogens with one attached hydrogen (secondary N) is 2. The third kappa shape index (κ3) is 3.26. The molecule has 0 radical (unpaired) electrons. The first-order valence-electron chi connectivity index (χ1n) is 3.14. The van der Waals surface area contributed by atoms with Gasteiger partial charge in [0.2, 0.25) is 0 Å². The monoisotopic (exact) mass is 146 g/mol. The predicted octanol–water partition coefficient (Wildman–Crippen LogP) is -2.37. The molecule has 0 saturated heterocycles. The number of hydrogen-bond acceptors (Lipinski definition) is 2. The maximum absolute atomic E-state index is 5.35. The number of rotatable bonds is 4. The summed E-state index contributed by atoms with van der Waals surface area (Å²) in [6.07, 6.45) is 0. The molecule has 5 heteroatoms. The first-order chi connectivity index (χ1) is 4.72. The molecule has 0 aromatic rings. The lowest BCUT2D eigenvalue weighted by molar-refractivity contribution is -0.538. The van der Waals surface area contributed by atoms with Crippen molar-refractivity contribution < 1.29 is 4.58 Å². The van der Waals surface area contributed by atoms with Crippen molar-refractivity contribution in [2.24, 2.45) is 11.5 Å².